The average Bonchev–Trinajstić information content (AvgIpc) is 2.75. The van der Waals surface area contributed by atoms with Gasteiger partial charge in [0.1, 0.15) is 12.8 Å². The molecule has 0 aliphatic carbocycles. The first-order chi connectivity index (χ1) is 12.8. The van der Waals surface area contributed by atoms with Crippen molar-refractivity contribution in [1.29, 1.82) is 0 Å². The van der Waals surface area contributed by atoms with E-state index in [1.165, 1.54) is 5.56 Å². The molecule has 0 spiro atoms. The molecule has 0 amide bonds. The predicted molar refractivity (Wildman–Crippen MR) is 107 cm³/mol. The third kappa shape index (κ3) is 3.35. The molecule has 0 atom stereocenters. The zero-order chi connectivity index (χ0) is 17.8. The third-order valence-corrected chi connectivity index (χ3v) is 4.42. The lowest BCUT2D eigenvalue weighted by atomic mass is 10.0. The van der Waals surface area contributed by atoms with E-state index in [2.05, 4.69) is 65.2 Å². The van der Waals surface area contributed by atoms with Gasteiger partial charge in [-0.25, -0.2) is 0 Å². The van der Waals surface area contributed by atoms with E-state index < -0.39 is 0 Å². The van der Waals surface area contributed by atoms with Crippen molar-refractivity contribution in [3.05, 3.63) is 109 Å². The molecule has 4 aromatic rings. The maximum Gasteiger partial charge on any atom is 0.374 e. The van der Waals surface area contributed by atoms with Gasteiger partial charge < -0.3 is 4.42 Å². The highest BCUT2D eigenvalue weighted by Crippen LogP contribution is 2.24. The first-order valence-electron chi connectivity index (χ1n) is 8.69. The predicted octanol–water partition coefficient (Wildman–Crippen LogP) is 5.35. The van der Waals surface area contributed by atoms with Crippen LogP contribution in [0.15, 0.2) is 108 Å². The number of benzene rings is 3. The molecule has 0 saturated carbocycles. The third-order valence-electron chi connectivity index (χ3n) is 4.42. The zero-order valence-electron chi connectivity index (χ0n) is 14.7. The molecule has 0 aliphatic rings. The second kappa shape index (κ2) is 7.24. The van der Waals surface area contributed by atoms with Crippen molar-refractivity contribution in [3.63, 3.8) is 0 Å². The largest absolute Gasteiger partial charge is 0.404 e. The van der Waals surface area contributed by atoms with E-state index in [1.807, 2.05) is 49.5 Å². The summed E-state index contributed by atoms with van der Waals surface area (Å²) in [4.78, 5) is 0. The molecule has 4 rings (SSSR count). The van der Waals surface area contributed by atoms with E-state index in [9.17, 15) is 0 Å². The van der Waals surface area contributed by atoms with Gasteiger partial charge in [-0.2, -0.15) is 4.58 Å². The molecule has 126 valence electrons. The van der Waals surface area contributed by atoms with Gasteiger partial charge in [-0.1, -0.05) is 78.9 Å². The lowest BCUT2D eigenvalue weighted by molar-refractivity contribution is 0.478. The molecule has 2 heteroatoms. The first-order valence-corrected chi connectivity index (χ1v) is 8.69. The Balaban J connectivity index is 1.97. The smallest absolute Gasteiger partial charge is 0.374 e. The minimum atomic E-state index is 0.802. The molecular formula is C24H20NO+. The highest BCUT2D eigenvalue weighted by Gasteiger charge is 2.11. The minimum Gasteiger partial charge on any atom is -0.404 e. The van der Waals surface area contributed by atoms with Crippen LogP contribution in [0.2, 0.25) is 0 Å². The molecule has 0 unspecified atom stereocenters. The molecule has 0 radical (unpaired) electrons. The SMILES string of the molecule is C[N+](c1ccccc1)=c1cc(-c2ccccc2)cc(-c2ccccc2)o1. The van der Waals surface area contributed by atoms with Crippen LogP contribution in [0.25, 0.3) is 22.5 Å². The van der Waals surface area contributed by atoms with Crippen LogP contribution < -0.4 is 10.1 Å². The van der Waals surface area contributed by atoms with Crippen LogP contribution >= 0.6 is 0 Å². The summed E-state index contributed by atoms with van der Waals surface area (Å²) in [5.41, 5.74) is 5.25. The maximum absolute atomic E-state index is 6.27. The van der Waals surface area contributed by atoms with Gasteiger partial charge in [0, 0.05) is 17.7 Å². The maximum atomic E-state index is 6.27. The van der Waals surface area contributed by atoms with Crippen LogP contribution in [0.1, 0.15) is 0 Å². The number of rotatable bonds is 3. The summed E-state index contributed by atoms with van der Waals surface area (Å²) >= 11 is 0. The Morgan fingerprint density at radius 1 is 0.577 bits per heavy atom. The Labute approximate surface area is 153 Å². The van der Waals surface area contributed by atoms with Gasteiger partial charge in [-0.3, -0.25) is 0 Å². The van der Waals surface area contributed by atoms with Gasteiger partial charge >= 0.3 is 5.55 Å². The summed E-state index contributed by atoms with van der Waals surface area (Å²) in [5, 5.41) is 0. The van der Waals surface area contributed by atoms with Crippen LogP contribution in [0.4, 0.5) is 5.69 Å². The molecule has 2 nitrogen and oxygen atoms in total. The lowest BCUT2D eigenvalue weighted by Gasteiger charge is -2.05. The van der Waals surface area contributed by atoms with E-state index in [0.29, 0.717) is 0 Å². The van der Waals surface area contributed by atoms with Crippen LogP contribution in [-0.4, -0.2) is 7.05 Å². The number of nitrogens with zero attached hydrogens (tertiary/aromatic N) is 1. The van der Waals surface area contributed by atoms with E-state index in [1.54, 1.807) is 0 Å². The molecule has 1 heterocycles. The standard InChI is InChI=1S/C24H20NO/c1-25(22-15-9-4-10-16-22)24-18-21(19-11-5-2-6-12-19)17-23(26-24)20-13-7-3-8-14-20/h2-18H,1H3/q+1. The van der Waals surface area contributed by atoms with Gasteiger partial charge in [0.05, 0.1) is 6.07 Å². The summed E-state index contributed by atoms with van der Waals surface area (Å²) in [6.45, 7) is 0. The Bertz CT molecular complexity index is 1000. The molecule has 3 aromatic carbocycles. The van der Waals surface area contributed by atoms with Crippen LogP contribution in [0.3, 0.4) is 0 Å². The van der Waals surface area contributed by atoms with Crippen molar-refractivity contribution in [2.45, 2.75) is 0 Å². The normalized spacial score (nSPS) is 11.9. The van der Waals surface area contributed by atoms with Crippen molar-refractivity contribution in [2.75, 3.05) is 7.05 Å². The Hall–Kier alpha value is -3.39. The lowest BCUT2D eigenvalue weighted by Crippen LogP contribution is -2.21. The van der Waals surface area contributed by atoms with Gasteiger partial charge in [0.25, 0.3) is 0 Å². The summed E-state index contributed by atoms with van der Waals surface area (Å²) in [6.07, 6.45) is 0. The second-order valence-corrected chi connectivity index (χ2v) is 6.18. The van der Waals surface area contributed by atoms with E-state index in [4.69, 9.17) is 4.42 Å². The van der Waals surface area contributed by atoms with E-state index >= 15 is 0 Å². The van der Waals surface area contributed by atoms with Crippen LogP contribution in [0, 0.1) is 0 Å². The summed E-state index contributed by atoms with van der Waals surface area (Å²) < 4.78 is 8.34. The van der Waals surface area contributed by atoms with E-state index in [-0.39, 0.29) is 0 Å². The van der Waals surface area contributed by atoms with Gasteiger partial charge in [-0.15, -0.1) is 0 Å². The summed E-state index contributed by atoms with van der Waals surface area (Å²) in [5.74, 6) is 0.852. The fourth-order valence-corrected chi connectivity index (χ4v) is 2.97. The molecule has 26 heavy (non-hydrogen) atoms. The van der Waals surface area contributed by atoms with E-state index in [0.717, 1.165) is 28.1 Å². The minimum absolute atomic E-state index is 0.802. The summed E-state index contributed by atoms with van der Waals surface area (Å²) in [6, 6.07) is 35.0. The second-order valence-electron chi connectivity index (χ2n) is 6.18. The highest BCUT2D eigenvalue weighted by molar-refractivity contribution is 5.69. The molecule has 1 aromatic heterocycles. The Morgan fingerprint density at radius 3 is 1.73 bits per heavy atom. The average molecular weight is 338 g/mol. The van der Waals surface area contributed by atoms with Crippen molar-refractivity contribution in [3.8, 4) is 22.5 Å². The highest BCUT2D eigenvalue weighted by atomic mass is 16.3. The quantitative estimate of drug-likeness (QED) is 0.460. The molecule has 0 N–H and O–H groups in total. The monoisotopic (exact) mass is 338 g/mol. The van der Waals surface area contributed by atoms with Crippen LogP contribution in [0.5, 0.6) is 0 Å². The summed E-state index contributed by atoms with van der Waals surface area (Å²) in [7, 11) is 2.03. The first kappa shape index (κ1) is 16.1. The molecule has 0 fully saturated rings. The van der Waals surface area contributed by atoms with Crippen LogP contribution in [-0.2, 0) is 0 Å². The van der Waals surface area contributed by atoms with Crippen molar-refractivity contribution in [2.24, 2.45) is 0 Å². The fraction of sp³-hybridized carbons (Fsp3) is 0.0417. The topological polar surface area (TPSA) is 16.1 Å². The molecule has 0 aliphatic heterocycles. The molecule has 0 bridgehead atoms. The number of hydrogen-bond acceptors (Lipinski definition) is 1. The zero-order valence-corrected chi connectivity index (χ0v) is 14.7. The molecule has 0 saturated heterocycles. The van der Waals surface area contributed by atoms with Crippen molar-refractivity contribution < 1.29 is 4.42 Å². The number of hydrogen-bond donors (Lipinski definition) is 0. The fourth-order valence-electron chi connectivity index (χ4n) is 2.97. The molecular weight excluding hydrogens is 318 g/mol. The number of para-hydroxylation sites is 1. The van der Waals surface area contributed by atoms with Crippen molar-refractivity contribution in [1.82, 2.24) is 4.58 Å². The van der Waals surface area contributed by atoms with Gasteiger partial charge in [-0.05, 0) is 17.2 Å². The van der Waals surface area contributed by atoms with Gasteiger partial charge in [0.2, 0.25) is 5.69 Å². The van der Waals surface area contributed by atoms with Gasteiger partial charge in [0.15, 0.2) is 0 Å². The van der Waals surface area contributed by atoms with Crippen molar-refractivity contribution >= 4 is 5.69 Å². The Morgan fingerprint density at radius 2 is 1.12 bits per heavy atom. The Kier molecular flexibility index (Phi) is 4.48.